The maximum Gasteiger partial charge on any atom is 0.245 e. The molecule has 0 spiro atoms. The number of rotatable bonds is 6. The van der Waals surface area contributed by atoms with E-state index in [0.717, 1.165) is 29.7 Å². The SMILES string of the molecule is C=CC(=O)N1CCC(N[C@@H]2c3ccc(-n4c(-c5cccnc5N)nc5ccc(-n6cccn6)nc54)cc3C[C@@H]2F)CC1. The molecule has 3 N–H and O–H groups in total. The van der Waals surface area contributed by atoms with Gasteiger partial charge in [0.2, 0.25) is 5.91 Å². The molecule has 1 aliphatic heterocycles. The number of piperidine rings is 1. The Bertz CT molecular complexity index is 1790. The van der Waals surface area contributed by atoms with E-state index >= 15 is 4.39 Å². The van der Waals surface area contributed by atoms with Gasteiger partial charge in [0.25, 0.3) is 0 Å². The Kier molecular flexibility index (Phi) is 6.50. The highest BCUT2D eigenvalue weighted by molar-refractivity contribution is 5.87. The lowest BCUT2D eigenvalue weighted by molar-refractivity contribution is -0.127. The molecule has 0 radical (unpaired) electrons. The highest BCUT2D eigenvalue weighted by Crippen LogP contribution is 2.38. The van der Waals surface area contributed by atoms with E-state index in [1.807, 2.05) is 59.3 Å². The van der Waals surface area contributed by atoms with Crippen LogP contribution in [-0.2, 0) is 11.2 Å². The van der Waals surface area contributed by atoms with Gasteiger partial charge < -0.3 is 16.0 Å². The molecule has 10 nitrogen and oxygen atoms in total. The van der Waals surface area contributed by atoms with E-state index in [9.17, 15) is 4.79 Å². The van der Waals surface area contributed by atoms with Crippen LogP contribution < -0.4 is 11.1 Å². The molecule has 0 saturated carbocycles. The molecule has 2 aliphatic rings. The molecule has 1 amide bonds. The van der Waals surface area contributed by atoms with Crippen molar-refractivity contribution in [1.29, 1.82) is 0 Å². The minimum absolute atomic E-state index is 0.0544. The number of hydrogen-bond donors (Lipinski definition) is 2. The third-order valence-corrected chi connectivity index (χ3v) is 8.20. The van der Waals surface area contributed by atoms with Crippen molar-refractivity contribution in [1.82, 2.24) is 39.5 Å². The van der Waals surface area contributed by atoms with Crippen molar-refractivity contribution in [3.63, 3.8) is 0 Å². The number of nitrogens with two attached hydrogens (primary N) is 1. The number of imidazole rings is 1. The minimum atomic E-state index is -1.06. The lowest BCUT2D eigenvalue weighted by atomic mass is 10.0. The van der Waals surface area contributed by atoms with Gasteiger partial charge in [0, 0.05) is 49.8 Å². The summed E-state index contributed by atoms with van der Waals surface area (Å²) in [6.45, 7) is 4.86. The summed E-state index contributed by atoms with van der Waals surface area (Å²) in [5.74, 6) is 1.55. The van der Waals surface area contributed by atoms with Crippen molar-refractivity contribution >= 4 is 22.9 Å². The summed E-state index contributed by atoms with van der Waals surface area (Å²) in [6, 6.07) is 15.1. The fraction of sp³-hybridized carbons (Fsp3) is 0.258. The molecule has 7 rings (SSSR count). The molecule has 5 heterocycles. The van der Waals surface area contributed by atoms with E-state index in [1.165, 1.54) is 6.08 Å². The predicted octanol–water partition coefficient (Wildman–Crippen LogP) is 3.95. The van der Waals surface area contributed by atoms with Crippen LogP contribution in [0.15, 0.2) is 79.8 Å². The number of likely N-dealkylation sites (tertiary alicyclic amines) is 1. The number of fused-ring (bicyclic) bond motifs is 2. The van der Waals surface area contributed by atoms with Gasteiger partial charge in [-0.1, -0.05) is 12.6 Å². The third-order valence-electron chi connectivity index (χ3n) is 8.20. The molecular formula is C31H30FN9O. The molecule has 212 valence electrons. The maximum atomic E-state index is 15.5. The number of carbonyl (C=O) groups is 1. The average Bonchev–Trinajstić information content (AvgIpc) is 3.75. The van der Waals surface area contributed by atoms with Gasteiger partial charge in [0.05, 0.1) is 11.6 Å². The second-order valence-corrected chi connectivity index (χ2v) is 10.7. The van der Waals surface area contributed by atoms with Crippen LogP contribution >= 0.6 is 0 Å². The van der Waals surface area contributed by atoms with E-state index in [0.29, 0.717) is 53.7 Å². The second-order valence-electron chi connectivity index (χ2n) is 10.7. The van der Waals surface area contributed by atoms with Gasteiger partial charge in [0.15, 0.2) is 17.3 Å². The first kappa shape index (κ1) is 26.0. The number of aromatic nitrogens is 6. The summed E-state index contributed by atoms with van der Waals surface area (Å²) in [6.07, 6.45) is 7.33. The molecule has 1 saturated heterocycles. The van der Waals surface area contributed by atoms with Gasteiger partial charge in [-0.25, -0.2) is 24.0 Å². The van der Waals surface area contributed by atoms with Crippen LogP contribution in [0.4, 0.5) is 10.2 Å². The van der Waals surface area contributed by atoms with Crippen molar-refractivity contribution in [3.8, 4) is 22.9 Å². The molecule has 1 aliphatic carbocycles. The van der Waals surface area contributed by atoms with Crippen LogP contribution in [0.5, 0.6) is 0 Å². The van der Waals surface area contributed by atoms with Gasteiger partial charge in [0.1, 0.15) is 17.5 Å². The molecular weight excluding hydrogens is 533 g/mol. The van der Waals surface area contributed by atoms with Crippen LogP contribution in [0.25, 0.3) is 34.1 Å². The first-order valence-corrected chi connectivity index (χ1v) is 14.0. The zero-order chi connectivity index (χ0) is 28.8. The van der Waals surface area contributed by atoms with Crippen LogP contribution in [-0.4, -0.2) is 65.4 Å². The van der Waals surface area contributed by atoms with E-state index in [4.69, 9.17) is 15.7 Å². The molecule has 4 aromatic heterocycles. The molecule has 1 aromatic carbocycles. The lowest BCUT2D eigenvalue weighted by Gasteiger charge is -2.34. The van der Waals surface area contributed by atoms with Crippen LogP contribution in [0.3, 0.4) is 0 Å². The number of amides is 1. The molecule has 0 unspecified atom stereocenters. The largest absolute Gasteiger partial charge is 0.383 e. The van der Waals surface area contributed by atoms with Crippen molar-refractivity contribution in [2.45, 2.75) is 37.5 Å². The highest BCUT2D eigenvalue weighted by Gasteiger charge is 2.35. The van der Waals surface area contributed by atoms with E-state index in [2.05, 4.69) is 22.0 Å². The van der Waals surface area contributed by atoms with Crippen molar-refractivity contribution in [2.75, 3.05) is 18.8 Å². The molecule has 0 bridgehead atoms. The van der Waals surface area contributed by atoms with E-state index < -0.39 is 12.2 Å². The Hall–Kier alpha value is -4.90. The fourth-order valence-electron chi connectivity index (χ4n) is 6.09. The summed E-state index contributed by atoms with van der Waals surface area (Å²) >= 11 is 0. The average molecular weight is 564 g/mol. The summed E-state index contributed by atoms with van der Waals surface area (Å²) in [7, 11) is 0. The van der Waals surface area contributed by atoms with Crippen LogP contribution in [0, 0.1) is 0 Å². The highest BCUT2D eigenvalue weighted by atomic mass is 19.1. The second kappa shape index (κ2) is 10.5. The standard InChI is InChI=1S/C31H30FN9O/c1-2-27(42)39-15-10-20(11-16-39)36-28-22-7-6-21(17-19(22)18-24(28)32)41-30(23-5-3-12-34-29(23)33)37-25-8-9-26(38-31(25)41)40-14-4-13-35-40/h2-9,12-14,17,20,24,28,36H,1,10-11,15-16,18H2,(H2,33,34)/t24-,28+/m0/s1. The number of alkyl halides is 1. The summed E-state index contributed by atoms with van der Waals surface area (Å²) in [5.41, 5.74) is 11.0. The predicted molar refractivity (Wildman–Crippen MR) is 158 cm³/mol. The third kappa shape index (κ3) is 4.51. The van der Waals surface area contributed by atoms with Crippen LogP contribution in [0.2, 0.25) is 0 Å². The normalized spacial score (nSPS) is 18.8. The molecule has 11 heteroatoms. The molecule has 5 aromatic rings. The summed E-state index contributed by atoms with van der Waals surface area (Å²) < 4.78 is 19.2. The number of anilines is 1. The van der Waals surface area contributed by atoms with Crippen LogP contribution in [0.1, 0.15) is 30.0 Å². The fourth-order valence-corrected chi connectivity index (χ4v) is 6.09. The van der Waals surface area contributed by atoms with Gasteiger partial charge in [-0.05, 0) is 72.5 Å². The molecule has 2 atom stereocenters. The van der Waals surface area contributed by atoms with Gasteiger partial charge >= 0.3 is 0 Å². The first-order chi connectivity index (χ1) is 20.5. The van der Waals surface area contributed by atoms with Gasteiger partial charge in [-0.15, -0.1) is 0 Å². The minimum Gasteiger partial charge on any atom is -0.383 e. The molecule has 42 heavy (non-hydrogen) atoms. The van der Waals surface area contributed by atoms with Crippen molar-refractivity contribution < 1.29 is 9.18 Å². The smallest absolute Gasteiger partial charge is 0.245 e. The van der Waals surface area contributed by atoms with Crippen molar-refractivity contribution in [3.05, 3.63) is 90.9 Å². The van der Waals surface area contributed by atoms with Gasteiger partial charge in [-0.3, -0.25) is 9.36 Å². The summed E-state index contributed by atoms with van der Waals surface area (Å²) in [4.78, 5) is 27.8. The zero-order valence-electron chi connectivity index (χ0n) is 22.9. The number of benzene rings is 1. The number of nitrogens with zero attached hydrogens (tertiary/aromatic N) is 7. The number of nitrogens with one attached hydrogen (secondary N) is 1. The van der Waals surface area contributed by atoms with Gasteiger partial charge in [-0.2, -0.15) is 5.10 Å². The van der Waals surface area contributed by atoms with E-state index in [-0.39, 0.29) is 11.9 Å². The lowest BCUT2D eigenvalue weighted by Crippen LogP contribution is -2.46. The zero-order valence-corrected chi connectivity index (χ0v) is 22.9. The number of halogens is 1. The number of carbonyl (C=O) groups excluding carboxylic acids is 1. The maximum absolute atomic E-state index is 15.5. The monoisotopic (exact) mass is 563 g/mol. The Labute approximate surface area is 241 Å². The number of hydrogen-bond acceptors (Lipinski definition) is 7. The number of pyridine rings is 2. The quantitative estimate of drug-likeness (QED) is 0.300. The Morgan fingerprint density at radius 3 is 2.71 bits per heavy atom. The van der Waals surface area contributed by atoms with Crippen molar-refractivity contribution in [2.24, 2.45) is 0 Å². The Morgan fingerprint density at radius 2 is 1.95 bits per heavy atom. The Morgan fingerprint density at radius 1 is 1.10 bits per heavy atom. The summed E-state index contributed by atoms with van der Waals surface area (Å²) in [5, 5.41) is 7.87. The number of nitrogen functional groups attached to an aromatic ring is 1. The van der Waals surface area contributed by atoms with E-state index in [1.54, 1.807) is 22.0 Å². The Balaban J connectivity index is 1.26. The topological polar surface area (TPSA) is 120 Å². The first-order valence-electron chi connectivity index (χ1n) is 14.0. The molecule has 1 fully saturated rings.